The highest BCUT2D eigenvalue weighted by Gasteiger charge is 2.26. The maximum absolute atomic E-state index is 12.3. The molecular formula is C15H18N2O. The number of nitrogens with zero attached hydrogens (tertiary/aromatic N) is 1. The fourth-order valence-corrected chi connectivity index (χ4v) is 2.15. The van der Waals surface area contributed by atoms with Gasteiger partial charge in [-0.25, -0.2) is 0 Å². The van der Waals surface area contributed by atoms with Crippen molar-refractivity contribution in [2.45, 2.75) is 32.9 Å². The van der Waals surface area contributed by atoms with E-state index in [1.807, 2.05) is 36.9 Å². The van der Waals surface area contributed by atoms with Crippen LogP contribution in [0.5, 0.6) is 0 Å². The topological polar surface area (TPSA) is 32.3 Å². The van der Waals surface area contributed by atoms with Crippen LogP contribution >= 0.6 is 0 Å². The number of anilines is 1. The maximum atomic E-state index is 12.3. The standard InChI is InChI=1S/C15H18N2O/c1-3-4-7-10-17-14-9-6-5-8-13(14)11-16-12(2)15(17)18/h5-6,8-9,12,16H,7,10-11H2,1-2H3. The number of hydrogen-bond acceptors (Lipinski definition) is 2. The molecule has 1 aliphatic heterocycles. The zero-order valence-electron chi connectivity index (χ0n) is 10.9. The average molecular weight is 242 g/mol. The lowest BCUT2D eigenvalue weighted by Crippen LogP contribution is -2.42. The second kappa shape index (κ2) is 5.70. The molecule has 1 atom stereocenters. The predicted molar refractivity (Wildman–Crippen MR) is 73.2 cm³/mol. The third-order valence-electron chi connectivity index (χ3n) is 3.15. The molecule has 1 aromatic rings. The van der Waals surface area contributed by atoms with E-state index in [-0.39, 0.29) is 11.9 Å². The van der Waals surface area contributed by atoms with Gasteiger partial charge in [-0.2, -0.15) is 0 Å². The van der Waals surface area contributed by atoms with Gasteiger partial charge in [0.05, 0.1) is 6.04 Å². The molecular weight excluding hydrogens is 224 g/mol. The molecule has 0 aromatic heterocycles. The molecule has 0 saturated carbocycles. The molecule has 0 bridgehead atoms. The molecule has 2 rings (SSSR count). The molecule has 1 aliphatic rings. The second-order valence-corrected chi connectivity index (χ2v) is 4.40. The minimum absolute atomic E-state index is 0.123. The van der Waals surface area contributed by atoms with E-state index in [0.29, 0.717) is 13.0 Å². The highest BCUT2D eigenvalue weighted by atomic mass is 16.2. The number of hydrogen-bond donors (Lipinski definition) is 1. The Morgan fingerprint density at radius 3 is 3.00 bits per heavy atom. The van der Waals surface area contributed by atoms with Crippen molar-refractivity contribution in [3.05, 3.63) is 29.8 Å². The van der Waals surface area contributed by atoms with E-state index >= 15 is 0 Å². The zero-order valence-corrected chi connectivity index (χ0v) is 10.9. The minimum Gasteiger partial charge on any atom is -0.310 e. The van der Waals surface area contributed by atoms with Crippen LogP contribution in [0.25, 0.3) is 0 Å². The minimum atomic E-state index is -0.146. The van der Waals surface area contributed by atoms with Gasteiger partial charge >= 0.3 is 0 Å². The summed E-state index contributed by atoms with van der Waals surface area (Å²) in [6.45, 7) is 5.12. The van der Waals surface area contributed by atoms with Gasteiger partial charge in [0.25, 0.3) is 0 Å². The molecule has 0 spiro atoms. The van der Waals surface area contributed by atoms with E-state index in [2.05, 4.69) is 23.2 Å². The Morgan fingerprint density at radius 1 is 1.44 bits per heavy atom. The van der Waals surface area contributed by atoms with Crippen molar-refractivity contribution in [1.29, 1.82) is 0 Å². The van der Waals surface area contributed by atoms with Crippen molar-refractivity contribution >= 4 is 11.6 Å². The molecule has 0 fully saturated rings. The Labute approximate surface area is 108 Å². The highest BCUT2D eigenvalue weighted by Crippen LogP contribution is 2.24. The van der Waals surface area contributed by atoms with E-state index in [1.54, 1.807) is 0 Å². The largest absolute Gasteiger partial charge is 0.310 e. The summed E-state index contributed by atoms with van der Waals surface area (Å²) < 4.78 is 0. The second-order valence-electron chi connectivity index (χ2n) is 4.40. The van der Waals surface area contributed by atoms with E-state index in [9.17, 15) is 4.79 Å². The van der Waals surface area contributed by atoms with Gasteiger partial charge in [-0.3, -0.25) is 4.79 Å². The quantitative estimate of drug-likeness (QED) is 0.804. The van der Waals surface area contributed by atoms with Crippen molar-refractivity contribution in [2.75, 3.05) is 11.4 Å². The summed E-state index contributed by atoms with van der Waals surface area (Å²) in [5.41, 5.74) is 2.18. The van der Waals surface area contributed by atoms with Crippen molar-refractivity contribution in [3.8, 4) is 11.8 Å². The molecule has 1 aromatic carbocycles. The number of rotatable bonds is 2. The summed E-state index contributed by atoms with van der Waals surface area (Å²) in [4.78, 5) is 14.2. The fourth-order valence-electron chi connectivity index (χ4n) is 2.15. The third-order valence-corrected chi connectivity index (χ3v) is 3.15. The van der Waals surface area contributed by atoms with Gasteiger partial charge in [0.15, 0.2) is 0 Å². The summed E-state index contributed by atoms with van der Waals surface area (Å²) >= 11 is 0. The molecule has 1 N–H and O–H groups in total. The first-order valence-electron chi connectivity index (χ1n) is 6.26. The summed E-state index contributed by atoms with van der Waals surface area (Å²) in [7, 11) is 0. The van der Waals surface area contributed by atoms with Gasteiger partial charge in [-0.15, -0.1) is 11.8 Å². The van der Waals surface area contributed by atoms with Crippen molar-refractivity contribution < 1.29 is 4.79 Å². The van der Waals surface area contributed by atoms with E-state index in [1.165, 1.54) is 5.56 Å². The van der Waals surface area contributed by atoms with Crippen LogP contribution in [0.2, 0.25) is 0 Å². The molecule has 18 heavy (non-hydrogen) atoms. The van der Waals surface area contributed by atoms with Gasteiger partial charge in [-0.1, -0.05) is 18.2 Å². The lowest BCUT2D eigenvalue weighted by Gasteiger charge is -2.23. The van der Waals surface area contributed by atoms with Crippen molar-refractivity contribution in [1.82, 2.24) is 5.32 Å². The van der Waals surface area contributed by atoms with Gasteiger partial charge < -0.3 is 10.2 Å². The number of benzene rings is 1. The molecule has 0 aliphatic carbocycles. The smallest absolute Gasteiger partial charge is 0.243 e. The Morgan fingerprint density at radius 2 is 2.22 bits per heavy atom. The summed E-state index contributed by atoms with van der Waals surface area (Å²) in [6, 6.07) is 7.90. The first-order valence-corrected chi connectivity index (χ1v) is 6.26. The normalized spacial score (nSPS) is 18.7. The van der Waals surface area contributed by atoms with Crippen LogP contribution < -0.4 is 10.2 Å². The van der Waals surface area contributed by atoms with E-state index in [0.717, 1.165) is 12.2 Å². The van der Waals surface area contributed by atoms with Crippen LogP contribution in [0.4, 0.5) is 5.69 Å². The molecule has 94 valence electrons. The van der Waals surface area contributed by atoms with Gasteiger partial charge in [-0.05, 0) is 25.5 Å². The van der Waals surface area contributed by atoms with Crippen molar-refractivity contribution in [3.63, 3.8) is 0 Å². The van der Waals surface area contributed by atoms with Crippen LogP contribution in [0, 0.1) is 11.8 Å². The van der Waals surface area contributed by atoms with Crippen LogP contribution in [0.1, 0.15) is 25.8 Å². The Kier molecular flexibility index (Phi) is 4.01. The summed E-state index contributed by atoms with van der Waals surface area (Å²) in [5, 5.41) is 3.24. The molecule has 1 unspecified atom stereocenters. The highest BCUT2D eigenvalue weighted by molar-refractivity contribution is 5.98. The van der Waals surface area contributed by atoms with E-state index in [4.69, 9.17) is 0 Å². The van der Waals surface area contributed by atoms with Crippen molar-refractivity contribution in [2.24, 2.45) is 0 Å². The first kappa shape index (κ1) is 12.7. The van der Waals surface area contributed by atoms with Gasteiger partial charge in [0.2, 0.25) is 5.91 Å². The SMILES string of the molecule is CC#CCCN1C(=O)C(C)NCc2ccccc21. The van der Waals surface area contributed by atoms with E-state index < -0.39 is 0 Å². The monoisotopic (exact) mass is 242 g/mol. The molecule has 1 amide bonds. The summed E-state index contributed by atoms with van der Waals surface area (Å²) in [6.07, 6.45) is 0.712. The number of para-hydroxylation sites is 1. The molecule has 1 heterocycles. The van der Waals surface area contributed by atoms with Crippen LogP contribution in [-0.2, 0) is 11.3 Å². The Bertz CT molecular complexity index is 499. The Balaban J connectivity index is 2.31. The fraction of sp³-hybridized carbons (Fsp3) is 0.400. The summed E-state index contributed by atoms with van der Waals surface area (Å²) in [5.74, 6) is 6.01. The van der Waals surface area contributed by atoms with Gasteiger partial charge in [0, 0.05) is 25.2 Å². The molecule has 3 nitrogen and oxygen atoms in total. The first-order chi connectivity index (χ1) is 8.74. The van der Waals surface area contributed by atoms with Crippen LogP contribution in [-0.4, -0.2) is 18.5 Å². The molecule has 0 radical (unpaired) electrons. The Hall–Kier alpha value is -1.79. The predicted octanol–water partition coefficient (Wildman–Crippen LogP) is 1.92. The van der Waals surface area contributed by atoms with Crippen LogP contribution in [0.3, 0.4) is 0 Å². The lowest BCUT2D eigenvalue weighted by molar-refractivity contribution is -0.120. The zero-order chi connectivity index (χ0) is 13.0. The van der Waals surface area contributed by atoms with Crippen LogP contribution in [0.15, 0.2) is 24.3 Å². The maximum Gasteiger partial charge on any atom is 0.243 e. The number of amides is 1. The van der Waals surface area contributed by atoms with Gasteiger partial charge in [0.1, 0.15) is 0 Å². The number of carbonyl (C=O) groups excluding carboxylic acids is 1. The number of nitrogens with one attached hydrogen (secondary N) is 1. The third kappa shape index (κ3) is 2.55. The lowest BCUT2D eigenvalue weighted by atomic mass is 10.1. The molecule has 0 saturated heterocycles. The average Bonchev–Trinajstić information content (AvgIpc) is 2.51. The number of carbonyl (C=O) groups is 1. The number of fused-ring (bicyclic) bond motifs is 1. The molecule has 3 heteroatoms.